The molecule has 0 bridgehead atoms. The molecule has 2 rings (SSSR count). The van der Waals surface area contributed by atoms with Crippen LogP contribution in [0.25, 0.3) is 0 Å². The Morgan fingerprint density at radius 3 is 2.55 bits per heavy atom. The van der Waals surface area contributed by atoms with Crippen LogP contribution in [0.3, 0.4) is 0 Å². The predicted octanol–water partition coefficient (Wildman–Crippen LogP) is 1.43. The van der Waals surface area contributed by atoms with Crippen LogP contribution in [0.2, 0.25) is 0 Å². The SMILES string of the molecule is Cc1cc(O)c(C(=O)O)cc1S(=O)(=O)N1CCC(C)C1. The molecule has 2 N–H and O–H groups in total. The fourth-order valence-corrected chi connectivity index (χ4v) is 4.18. The van der Waals surface area contributed by atoms with Gasteiger partial charge in [-0.2, -0.15) is 4.31 Å². The van der Waals surface area contributed by atoms with Crippen molar-refractivity contribution in [3.8, 4) is 5.75 Å². The van der Waals surface area contributed by atoms with Gasteiger partial charge in [-0.05, 0) is 37.0 Å². The van der Waals surface area contributed by atoms with Gasteiger partial charge >= 0.3 is 5.97 Å². The number of sulfonamides is 1. The zero-order chi connectivity index (χ0) is 15.1. The number of aryl methyl sites for hydroxylation is 1. The molecule has 0 radical (unpaired) electrons. The van der Waals surface area contributed by atoms with Crippen LogP contribution in [-0.4, -0.2) is 42.0 Å². The molecule has 20 heavy (non-hydrogen) atoms. The predicted molar refractivity (Wildman–Crippen MR) is 72.3 cm³/mol. The van der Waals surface area contributed by atoms with Crippen LogP contribution in [0, 0.1) is 12.8 Å². The first-order valence-corrected chi connectivity index (χ1v) is 7.74. The molecule has 0 saturated carbocycles. The van der Waals surface area contributed by atoms with E-state index in [1.54, 1.807) is 0 Å². The van der Waals surface area contributed by atoms with Gasteiger partial charge in [0.05, 0.1) is 4.90 Å². The van der Waals surface area contributed by atoms with Crippen molar-refractivity contribution in [2.24, 2.45) is 5.92 Å². The molecule has 1 aromatic carbocycles. The molecule has 0 amide bonds. The van der Waals surface area contributed by atoms with Crippen molar-refractivity contribution >= 4 is 16.0 Å². The lowest BCUT2D eigenvalue weighted by atomic mass is 10.1. The van der Waals surface area contributed by atoms with E-state index in [2.05, 4.69) is 0 Å². The Morgan fingerprint density at radius 1 is 1.40 bits per heavy atom. The number of rotatable bonds is 3. The largest absolute Gasteiger partial charge is 0.507 e. The number of phenols is 1. The van der Waals surface area contributed by atoms with Crippen molar-refractivity contribution in [3.05, 3.63) is 23.3 Å². The number of benzene rings is 1. The van der Waals surface area contributed by atoms with Crippen molar-refractivity contribution in [2.45, 2.75) is 25.2 Å². The average molecular weight is 299 g/mol. The fraction of sp³-hybridized carbons (Fsp3) is 0.462. The molecule has 1 aliphatic rings. The molecule has 0 aliphatic carbocycles. The molecule has 0 aromatic heterocycles. The molecule has 110 valence electrons. The van der Waals surface area contributed by atoms with Crippen molar-refractivity contribution in [1.82, 2.24) is 4.31 Å². The summed E-state index contributed by atoms with van der Waals surface area (Å²) < 4.78 is 26.4. The highest BCUT2D eigenvalue weighted by Crippen LogP contribution is 2.30. The van der Waals surface area contributed by atoms with E-state index in [4.69, 9.17) is 5.11 Å². The number of carbonyl (C=O) groups is 1. The summed E-state index contributed by atoms with van der Waals surface area (Å²) in [5.74, 6) is -1.49. The first kappa shape index (κ1) is 14.8. The van der Waals surface area contributed by atoms with Gasteiger partial charge in [0.2, 0.25) is 10.0 Å². The number of nitrogens with zero attached hydrogens (tertiary/aromatic N) is 1. The lowest BCUT2D eigenvalue weighted by Gasteiger charge is -2.18. The van der Waals surface area contributed by atoms with Crippen LogP contribution < -0.4 is 0 Å². The highest BCUT2D eigenvalue weighted by molar-refractivity contribution is 7.89. The maximum absolute atomic E-state index is 12.5. The van der Waals surface area contributed by atoms with Gasteiger partial charge in [0, 0.05) is 13.1 Å². The second kappa shape index (κ2) is 5.06. The van der Waals surface area contributed by atoms with Crippen molar-refractivity contribution in [1.29, 1.82) is 0 Å². The van der Waals surface area contributed by atoms with Crippen LogP contribution in [0.15, 0.2) is 17.0 Å². The summed E-state index contributed by atoms with van der Waals surface area (Å²) >= 11 is 0. The van der Waals surface area contributed by atoms with Gasteiger partial charge in [-0.1, -0.05) is 6.92 Å². The second-order valence-corrected chi connectivity index (χ2v) is 7.10. The number of aromatic carboxylic acids is 1. The van der Waals surface area contributed by atoms with Gasteiger partial charge in [-0.3, -0.25) is 0 Å². The minimum atomic E-state index is -3.72. The van der Waals surface area contributed by atoms with Crippen molar-refractivity contribution < 1.29 is 23.4 Å². The molecule has 6 nitrogen and oxygen atoms in total. The quantitative estimate of drug-likeness (QED) is 0.880. The molecule has 7 heteroatoms. The van der Waals surface area contributed by atoms with Gasteiger partial charge in [0.15, 0.2) is 0 Å². The van der Waals surface area contributed by atoms with E-state index in [0.717, 1.165) is 12.5 Å². The third-order valence-corrected chi connectivity index (χ3v) is 5.54. The number of hydrogen-bond donors (Lipinski definition) is 2. The van der Waals surface area contributed by atoms with Crippen molar-refractivity contribution in [3.63, 3.8) is 0 Å². The van der Waals surface area contributed by atoms with Gasteiger partial charge < -0.3 is 10.2 Å². The van der Waals surface area contributed by atoms with Crippen molar-refractivity contribution in [2.75, 3.05) is 13.1 Å². The third-order valence-electron chi connectivity index (χ3n) is 3.53. The Hall–Kier alpha value is -1.60. The van der Waals surface area contributed by atoms with Crippen LogP contribution in [0.4, 0.5) is 0 Å². The van der Waals surface area contributed by atoms with Crippen LogP contribution in [0.1, 0.15) is 29.3 Å². The minimum absolute atomic E-state index is 0.0539. The number of aromatic hydroxyl groups is 1. The highest BCUT2D eigenvalue weighted by Gasteiger charge is 2.32. The van der Waals surface area contributed by atoms with E-state index >= 15 is 0 Å². The minimum Gasteiger partial charge on any atom is -0.507 e. The molecule has 0 spiro atoms. The Balaban J connectivity index is 2.51. The maximum Gasteiger partial charge on any atom is 0.339 e. The first-order chi connectivity index (χ1) is 9.23. The highest BCUT2D eigenvalue weighted by atomic mass is 32.2. The Kier molecular flexibility index (Phi) is 3.75. The molecule has 1 unspecified atom stereocenters. The van der Waals surface area contributed by atoms with E-state index in [0.29, 0.717) is 24.6 Å². The van der Waals surface area contributed by atoms with E-state index in [1.165, 1.54) is 17.3 Å². The monoisotopic (exact) mass is 299 g/mol. The summed E-state index contributed by atoms with van der Waals surface area (Å²) in [5, 5.41) is 18.6. The summed E-state index contributed by atoms with van der Waals surface area (Å²) in [6.45, 7) is 4.39. The molecule has 1 heterocycles. The topological polar surface area (TPSA) is 94.9 Å². The van der Waals surface area contributed by atoms with Crippen LogP contribution in [0.5, 0.6) is 5.75 Å². The number of carboxylic acids is 1. The lowest BCUT2D eigenvalue weighted by molar-refractivity contribution is 0.0693. The van der Waals surface area contributed by atoms with Crippen LogP contribution in [-0.2, 0) is 10.0 Å². The maximum atomic E-state index is 12.5. The third kappa shape index (κ3) is 2.51. The van der Waals surface area contributed by atoms with E-state index in [-0.39, 0.29) is 4.90 Å². The number of hydrogen-bond acceptors (Lipinski definition) is 4. The normalized spacial score (nSPS) is 20.2. The van der Waals surface area contributed by atoms with Crippen LogP contribution >= 0.6 is 0 Å². The summed E-state index contributed by atoms with van der Waals surface area (Å²) in [5.41, 5.74) is -0.0616. The molecule has 1 saturated heterocycles. The second-order valence-electron chi connectivity index (χ2n) is 5.20. The number of carboxylic acid groups (broad SMARTS) is 1. The first-order valence-electron chi connectivity index (χ1n) is 6.30. The molecular weight excluding hydrogens is 282 g/mol. The summed E-state index contributed by atoms with van der Waals surface area (Å²) in [7, 11) is -3.72. The molecule has 1 aliphatic heterocycles. The summed E-state index contributed by atoms with van der Waals surface area (Å²) in [4.78, 5) is 11.0. The van der Waals surface area contributed by atoms with E-state index in [9.17, 15) is 18.3 Å². The van der Waals surface area contributed by atoms with Gasteiger partial charge in [-0.15, -0.1) is 0 Å². The Labute approximate surface area is 117 Å². The van der Waals surface area contributed by atoms with Gasteiger partial charge in [-0.25, -0.2) is 13.2 Å². The van der Waals surface area contributed by atoms with Gasteiger partial charge in [0.25, 0.3) is 0 Å². The standard InChI is InChI=1S/C13H17NO5S/c1-8-3-4-14(7-8)20(18,19)12-6-10(13(16)17)11(15)5-9(12)2/h5-6,8,15H,3-4,7H2,1-2H3,(H,16,17). The molecule has 1 aromatic rings. The Morgan fingerprint density at radius 2 is 2.05 bits per heavy atom. The van der Waals surface area contributed by atoms with E-state index in [1.807, 2.05) is 6.92 Å². The van der Waals surface area contributed by atoms with E-state index < -0.39 is 27.3 Å². The zero-order valence-corrected chi connectivity index (χ0v) is 12.1. The summed E-state index contributed by atoms with van der Waals surface area (Å²) in [6.07, 6.45) is 0.794. The molecule has 1 fully saturated rings. The summed E-state index contributed by atoms with van der Waals surface area (Å²) in [6, 6.07) is 2.21. The average Bonchev–Trinajstić information content (AvgIpc) is 2.75. The molecular formula is C13H17NO5S. The van der Waals surface area contributed by atoms with Gasteiger partial charge in [0.1, 0.15) is 11.3 Å². The zero-order valence-electron chi connectivity index (χ0n) is 11.3. The lowest BCUT2D eigenvalue weighted by Crippen LogP contribution is -2.29. The smallest absolute Gasteiger partial charge is 0.339 e. The Bertz CT molecular complexity index is 653. The fourth-order valence-electron chi connectivity index (χ4n) is 2.37. The molecule has 1 atom stereocenters.